The number of anilines is 1. The van der Waals surface area contributed by atoms with Crippen molar-refractivity contribution in [2.45, 2.75) is 18.7 Å². The molecule has 2 aromatic rings. The molecule has 0 bridgehead atoms. The summed E-state index contributed by atoms with van der Waals surface area (Å²) in [4.78, 5) is 16.7. The first kappa shape index (κ1) is 18.5. The van der Waals surface area contributed by atoms with E-state index in [1.807, 2.05) is 19.1 Å². The molecule has 1 aliphatic heterocycles. The summed E-state index contributed by atoms with van der Waals surface area (Å²) in [6.07, 6.45) is 0. The Morgan fingerprint density at radius 2 is 1.85 bits per heavy atom. The number of nitrogens with one attached hydrogen (secondary N) is 2. The van der Waals surface area contributed by atoms with Gasteiger partial charge in [0.25, 0.3) is 15.9 Å². The van der Waals surface area contributed by atoms with Gasteiger partial charge < -0.3 is 5.32 Å². The summed E-state index contributed by atoms with van der Waals surface area (Å²) in [6, 6.07) is 11.6. The largest absolute Gasteiger partial charge is 0.301 e. The minimum Gasteiger partial charge on any atom is -0.301 e. The number of benzene rings is 2. The van der Waals surface area contributed by atoms with E-state index in [-0.39, 0.29) is 10.8 Å². The summed E-state index contributed by atoms with van der Waals surface area (Å²) in [6.45, 7) is 4.37. The minimum atomic E-state index is -3.79. The van der Waals surface area contributed by atoms with Crippen LogP contribution in [0.5, 0.6) is 0 Å². The highest BCUT2D eigenvalue weighted by molar-refractivity contribution is 8.14. The number of carbonyl (C=O) groups excluding carboxylic acids is 1. The number of rotatable bonds is 4. The Morgan fingerprint density at radius 1 is 1.12 bits per heavy atom. The molecule has 0 saturated carbocycles. The molecule has 0 aliphatic carbocycles. The number of thioether (sulfide) groups is 1. The Bertz CT molecular complexity index is 968. The van der Waals surface area contributed by atoms with Crippen molar-refractivity contribution in [1.82, 2.24) is 5.32 Å². The molecule has 0 atom stereocenters. The Balaban J connectivity index is 1.85. The summed E-state index contributed by atoms with van der Waals surface area (Å²) >= 11 is 1.47. The first-order valence-corrected chi connectivity index (χ1v) is 10.5. The molecule has 0 spiro atoms. The quantitative estimate of drug-likeness (QED) is 0.842. The number of amides is 1. The van der Waals surface area contributed by atoms with E-state index in [4.69, 9.17) is 0 Å². The molecule has 0 saturated heterocycles. The number of carbonyl (C=O) groups is 1. The molecular formula is C18H19N3O3S2. The molecule has 8 heteroatoms. The number of nitrogens with zero attached hydrogens (tertiary/aromatic N) is 1. The minimum absolute atomic E-state index is 0.0369. The summed E-state index contributed by atoms with van der Waals surface area (Å²) in [5.74, 6) is 0.478. The molecule has 3 rings (SSSR count). The fourth-order valence-electron chi connectivity index (χ4n) is 2.42. The lowest BCUT2D eigenvalue weighted by Crippen LogP contribution is -2.28. The van der Waals surface area contributed by atoms with E-state index < -0.39 is 10.0 Å². The molecule has 136 valence electrons. The van der Waals surface area contributed by atoms with Crippen molar-refractivity contribution in [2.24, 2.45) is 4.99 Å². The zero-order chi connectivity index (χ0) is 18.7. The van der Waals surface area contributed by atoms with E-state index >= 15 is 0 Å². The monoisotopic (exact) mass is 389 g/mol. The number of hydrogen-bond acceptors (Lipinski definition) is 5. The number of aryl methyl sites for hydroxylation is 2. The van der Waals surface area contributed by atoms with Gasteiger partial charge in [-0.3, -0.25) is 14.5 Å². The van der Waals surface area contributed by atoms with Gasteiger partial charge in [0, 0.05) is 17.0 Å². The van der Waals surface area contributed by atoms with Crippen molar-refractivity contribution >= 4 is 38.5 Å². The molecule has 1 heterocycles. The van der Waals surface area contributed by atoms with Gasteiger partial charge in [-0.15, -0.1) is 0 Å². The Labute approximate surface area is 157 Å². The number of aliphatic imine (C=N–C) groups is 1. The van der Waals surface area contributed by atoms with Gasteiger partial charge in [-0.1, -0.05) is 35.5 Å². The standard InChI is InChI=1S/C18H19N3O3S2/c1-12-3-6-14(7-4-12)21-26(23,24)15-8-5-13(2)16(11-15)17(22)20-18-19-9-10-25-18/h3-8,11,21H,9-10H2,1-2H3,(H,19,20,22). The smallest absolute Gasteiger partial charge is 0.261 e. The Kier molecular flexibility index (Phi) is 5.33. The van der Waals surface area contributed by atoms with Crippen molar-refractivity contribution in [3.8, 4) is 0 Å². The van der Waals surface area contributed by atoms with Crippen LogP contribution in [-0.2, 0) is 10.0 Å². The van der Waals surface area contributed by atoms with Gasteiger partial charge in [0.15, 0.2) is 5.17 Å². The molecule has 0 fully saturated rings. The third-order valence-corrected chi connectivity index (χ3v) is 6.14. The summed E-state index contributed by atoms with van der Waals surface area (Å²) < 4.78 is 27.8. The maximum atomic E-state index is 12.6. The van der Waals surface area contributed by atoms with E-state index in [0.29, 0.717) is 28.5 Å². The lowest BCUT2D eigenvalue weighted by atomic mass is 10.1. The lowest BCUT2D eigenvalue weighted by molar-refractivity contribution is 0.0977. The molecular weight excluding hydrogens is 370 g/mol. The zero-order valence-corrected chi connectivity index (χ0v) is 16.1. The van der Waals surface area contributed by atoms with E-state index in [9.17, 15) is 13.2 Å². The Hall–Kier alpha value is -2.32. The molecule has 1 aliphatic rings. The van der Waals surface area contributed by atoms with Crippen molar-refractivity contribution < 1.29 is 13.2 Å². The lowest BCUT2D eigenvalue weighted by Gasteiger charge is -2.12. The van der Waals surface area contributed by atoms with E-state index in [1.165, 1.54) is 23.9 Å². The van der Waals surface area contributed by atoms with Gasteiger partial charge in [-0.05, 0) is 43.7 Å². The number of sulfonamides is 1. The molecule has 2 N–H and O–H groups in total. The van der Waals surface area contributed by atoms with E-state index in [1.54, 1.807) is 25.1 Å². The van der Waals surface area contributed by atoms with Crippen LogP contribution in [-0.4, -0.2) is 31.8 Å². The average Bonchev–Trinajstić information content (AvgIpc) is 3.10. The summed E-state index contributed by atoms with van der Waals surface area (Å²) in [7, 11) is -3.79. The number of hydrogen-bond donors (Lipinski definition) is 2. The van der Waals surface area contributed by atoms with Crippen LogP contribution in [0.15, 0.2) is 52.4 Å². The predicted molar refractivity (Wildman–Crippen MR) is 105 cm³/mol. The van der Waals surface area contributed by atoms with Gasteiger partial charge in [-0.2, -0.15) is 0 Å². The normalized spacial score (nSPS) is 14.0. The highest BCUT2D eigenvalue weighted by Gasteiger charge is 2.20. The van der Waals surface area contributed by atoms with Gasteiger partial charge in [0.05, 0.1) is 11.4 Å². The van der Waals surface area contributed by atoms with Crippen LogP contribution in [0.2, 0.25) is 0 Å². The van der Waals surface area contributed by atoms with Crippen LogP contribution in [0.4, 0.5) is 5.69 Å². The maximum absolute atomic E-state index is 12.6. The molecule has 1 amide bonds. The third kappa shape index (κ3) is 4.25. The van der Waals surface area contributed by atoms with Gasteiger partial charge in [-0.25, -0.2) is 8.42 Å². The summed E-state index contributed by atoms with van der Waals surface area (Å²) in [5, 5.41) is 3.30. The molecule has 26 heavy (non-hydrogen) atoms. The van der Waals surface area contributed by atoms with Gasteiger partial charge in [0.1, 0.15) is 0 Å². The third-order valence-electron chi connectivity index (χ3n) is 3.87. The Morgan fingerprint density at radius 3 is 2.50 bits per heavy atom. The number of amidine groups is 1. The van der Waals surface area contributed by atoms with E-state index in [0.717, 1.165) is 11.3 Å². The SMILES string of the molecule is Cc1ccc(NS(=O)(=O)c2ccc(C)c(C(=O)NC3=NCCS3)c2)cc1. The van der Waals surface area contributed by atoms with Crippen LogP contribution in [0.25, 0.3) is 0 Å². The van der Waals surface area contributed by atoms with Crippen molar-refractivity contribution in [3.05, 3.63) is 59.2 Å². The van der Waals surface area contributed by atoms with Crippen LogP contribution >= 0.6 is 11.8 Å². The second-order valence-electron chi connectivity index (χ2n) is 5.94. The molecule has 6 nitrogen and oxygen atoms in total. The van der Waals surface area contributed by atoms with Crippen LogP contribution in [0, 0.1) is 13.8 Å². The van der Waals surface area contributed by atoms with Crippen molar-refractivity contribution in [3.63, 3.8) is 0 Å². The maximum Gasteiger partial charge on any atom is 0.261 e. The van der Waals surface area contributed by atoms with Crippen molar-refractivity contribution in [2.75, 3.05) is 17.0 Å². The highest BCUT2D eigenvalue weighted by Crippen LogP contribution is 2.20. The predicted octanol–water partition coefficient (Wildman–Crippen LogP) is 2.94. The molecule has 0 unspecified atom stereocenters. The fraction of sp³-hybridized carbons (Fsp3) is 0.222. The molecule has 0 aromatic heterocycles. The van der Waals surface area contributed by atoms with Crippen LogP contribution in [0.1, 0.15) is 21.5 Å². The first-order chi connectivity index (χ1) is 12.3. The van der Waals surface area contributed by atoms with Crippen molar-refractivity contribution in [1.29, 1.82) is 0 Å². The highest BCUT2D eigenvalue weighted by atomic mass is 32.2. The van der Waals surface area contributed by atoms with Crippen LogP contribution < -0.4 is 10.0 Å². The van der Waals surface area contributed by atoms with Crippen LogP contribution in [0.3, 0.4) is 0 Å². The summed E-state index contributed by atoms with van der Waals surface area (Å²) in [5.41, 5.74) is 2.51. The first-order valence-electron chi connectivity index (χ1n) is 8.04. The van der Waals surface area contributed by atoms with E-state index in [2.05, 4.69) is 15.0 Å². The van der Waals surface area contributed by atoms with Gasteiger partial charge >= 0.3 is 0 Å². The second-order valence-corrected chi connectivity index (χ2v) is 8.70. The fourth-order valence-corrected chi connectivity index (χ4v) is 4.23. The molecule has 0 radical (unpaired) electrons. The second kappa shape index (κ2) is 7.51. The zero-order valence-electron chi connectivity index (χ0n) is 14.4. The van der Waals surface area contributed by atoms with Gasteiger partial charge in [0.2, 0.25) is 0 Å². The average molecular weight is 390 g/mol. The molecule has 2 aromatic carbocycles. The topological polar surface area (TPSA) is 87.6 Å².